The summed E-state index contributed by atoms with van der Waals surface area (Å²) >= 11 is 1.51. The Morgan fingerprint density at radius 3 is 2.24 bits per heavy atom. The van der Waals surface area contributed by atoms with Gasteiger partial charge in [0.1, 0.15) is 5.03 Å². The second kappa shape index (κ2) is 10.6. The predicted octanol–water partition coefficient (Wildman–Crippen LogP) is 6.53. The molecular formula is C27H18N3OPtS-. The first kappa shape index (κ1) is 22.9. The molecule has 3 aromatic heterocycles. The van der Waals surface area contributed by atoms with Gasteiger partial charge in [0, 0.05) is 33.0 Å². The molecule has 0 radical (unpaired) electrons. The maximum absolute atomic E-state index is 10.4. The van der Waals surface area contributed by atoms with Gasteiger partial charge >= 0.3 is 0 Å². The number of para-hydroxylation sites is 1. The Kier molecular flexibility index (Phi) is 7.33. The summed E-state index contributed by atoms with van der Waals surface area (Å²) in [6, 6.07) is 34.2. The van der Waals surface area contributed by atoms with E-state index in [0.717, 1.165) is 32.6 Å². The number of nitrogens with zero attached hydrogens (tertiary/aromatic N) is 3. The van der Waals surface area contributed by atoms with E-state index in [9.17, 15) is 5.11 Å². The van der Waals surface area contributed by atoms with Crippen LogP contribution in [0.25, 0.3) is 33.8 Å². The summed E-state index contributed by atoms with van der Waals surface area (Å²) in [4.78, 5) is 14.0. The van der Waals surface area contributed by atoms with E-state index in [1.54, 1.807) is 18.3 Å². The third kappa shape index (κ3) is 5.39. The monoisotopic (exact) mass is 627 g/mol. The molecule has 3 heterocycles. The molecule has 0 amide bonds. The van der Waals surface area contributed by atoms with E-state index in [2.05, 4.69) is 11.1 Å². The molecule has 4 nitrogen and oxygen atoms in total. The van der Waals surface area contributed by atoms with Crippen LogP contribution in [-0.4, -0.2) is 20.1 Å². The van der Waals surface area contributed by atoms with Gasteiger partial charge in [0.15, 0.2) is 0 Å². The quantitative estimate of drug-likeness (QED) is 0.225. The Bertz CT molecular complexity index is 1360. The molecular weight excluding hydrogens is 609 g/mol. The van der Waals surface area contributed by atoms with Crippen molar-refractivity contribution in [3.8, 4) is 39.5 Å². The minimum absolute atomic E-state index is 0. The van der Waals surface area contributed by atoms with Gasteiger partial charge in [-0.05, 0) is 46.8 Å². The van der Waals surface area contributed by atoms with E-state index in [1.165, 1.54) is 11.8 Å². The van der Waals surface area contributed by atoms with Gasteiger partial charge in [0.25, 0.3) is 0 Å². The maximum atomic E-state index is 10.4. The van der Waals surface area contributed by atoms with Crippen molar-refractivity contribution in [1.29, 1.82) is 0 Å². The van der Waals surface area contributed by atoms with E-state index in [1.807, 2.05) is 84.9 Å². The smallest absolute Gasteiger partial charge is 0.102 e. The van der Waals surface area contributed by atoms with Gasteiger partial charge < -0.3 is 5.11 Å². The number of phenols is 1. The molecule has 0 unspecified atom stereocenters. The van der Waals surface area contributed by atoms with Crippen LogP contribution in [0.2, 0.25) is 0 Å². The molecule has 5 aromatic rings. The third-order valence-electron chi connectivity index (χ3n) is 4.84. The van der Waals surface area contributed by atoms with Crippen molar-refractivity contribution in [1.82, 2.24) is 15.0 Å². The van der Waals surface area contributed by atoms with Crippen LogP contribution in [0.3, 0.4) is 0 Å². The Morgan fingerprint density at radius 1 is 0.697 bits per heavy atom. The van der Waals surface area contributed by atoms with Gasteiger partial charge in [-0.15, -0.1) is 17.7 Å². The number of aromatic nitrogens is 3. The van der Waals surface area contributed by atoms with Gasteiger partial charge in [-0.3, -0.25) is 9.97 Å². The zero-order valence-electron chi connectivity index (χ0n) is 17.3. The molecule has 5 rings (SSSR count). The van der Waals surface area contributed by atoms with Crippen molar-refractivity contribution in [3.05, 3.63) is 109 Å². The largest absolute Gasteiger partial charge is 0.517 e. The molecule has 0 atom stereocenters. The van der Waals surface area contributed by atoms with Crippen molar-refractivity contribution >= 4 is 11.8 Å². The summed E-state index contributed by atoms with van der Waals surface area (Å²) in [6.45, 7) is 0. The molecule has 0 aliphatic carbocycles. The van der Waals surface area contributed by atoms with Crippen molar-refractivity contribution < 1.29 is 26.2 Å². The van der Waals surface area contributed by atoms with Gasteiger partial charge in [-0.1, -0.05) is 78.5 Å². The van der Waals surface area contributed by atoms with Crippen LogP contribution in [0.4, 0.5) is 0 Å². The number of rotatable bonds is 5. The Labute approximate surface area is 211 Å². The van der Waals surface area contributed by atoms with Gasteiger partial charge in [-0.2, -0.15) is 0 Å². The molecule has 1 N–H and O–H groups in total. The number of benzene rings is 2. The van der Waals surface area contributed by atoms with Crippen LogP contribution in [0.5, 0.6) is 5.75 Å². The summed E-state index contributed by atoms with van der Waals surface area (Å²) in [5.74, 6) is 0.167. The van der Waals surface area contributed by atoms with Gasteiger partial charge in [-0.25, -0.2) is 4.98 Å². The second-order valence-corrected chi connectivity index (χ2v) is 8.08. The second-order valence-electron chi connectivity index (χ2n) is 7.04. The zero-order valence-corrected chi connectivity index (χ0v) is 20.4. The zero-order chi connectivity index (χ0) is 21.8. The fourth-order valence-corrected chi connectivity index (χ4v) is 4.08. The van der Waals surface area contributed by atoms with Crippen LogP contribution >= 0.6 is 11.8 Å². The minimum atomic E-state index is 0. The number of hydrogen-bond donors (Lipinski definition) is 1. The Hall–Kier alpha value is -3.27. The van der Waals surface area contributed by atoms with Gasteiger partial charge in [0.05, 0.1) is 10.8 Å². The standard InChI is InChI=1S/C27H18N3OS.Pt/c31-25-13-5-4-11-21(25)24-18-20(17-23(29-24)19-9-2-1-3-10-19)22-12-8-15-27(30-22)32-26-14-6-7-16-28-26;/h1-17,31H;/q-1;. The first-order valence-electron chi connectivity index (χ1n) is 10.1. The van der Waals surface area contributed by atoms with Crippen LogP contribution in [0, 0.1) is 6.07 Å². The number of phenolic OH excluding ortho intramolecular Hbond substituents is 1. The molecule has 164 valence electrons. The molecule has 0 aliphatic rings. The van der Waals surface area contributed by atoms with Crippen molar-refractivity contribution in [3.63, 3.8) is 0 Å². The number of hydrogen-bond acceptors (Lipinski definition) is 5. The van der Waals surface area contributed by atoms with Crippen LogP contribution in [0.15, 0.2) is 113 Å². The molecule has 0 saturated heterocycles. The Balaban J connectivity index is 0.00000259. The Morgan fingerprint density at radius 2 is 1.45 bits per heavy atom. The molecule has 0 aliphatic heterocycles. The molecule has 0 fully saturated rings. The predicted molar refractivity (Wildman–Crippen MR) is 127 cm³/mol. The van der Waals surface area contributed by atoms with Crippen molar-refractivity contribution in [2.24, 2.45) is 0 Å². The molecule has 0 spiro atoms. The summed E-state index contributed by atoms with van der Waals surface area (Å²) in [5.41, 5.74) is 4.57. The first-order valence-corrected chi connectivity index (χ1v) is 10.9. The third-order valence-corrected chi connectivity index (χ3v) is 5.73. The maximum Gasteiger partial charge on any atom is 0.102 e. The number of aromatic hydroxyl groups is 1. The fourth-order valence-electron chi connectivity index (χ4n) is 3.31. The van der Waals surface area contributed by atoms with E-state index < -0.39 is 0 Å². The van der Waals surface area contributed by atoms with E-state index in [-0.39, 0.29) is 26.8 Å². The summed E-state index contributed by atoms with van der Waals surface area (Å²) in [6.07, 6.45) is 1.77. The summed E-state index contributed by atoms with van der Waals surface area (Å²) in [7, 11) is 0. The number of pyridine rings is 3. The molecule has 33 heavy (non-hydrogen) atoms. The van der Waals surface area contributed by atoms with Crippen molar-refractivity contribution in [2.75, 3.05) is 0 Å². The van der Waals surface area contributed by atoms with Crippen LogP contribution < -0.4 is 0 Å². The van der Waals surface area contributed by atoms with Crippen LogP contribution in [-0.2, 0) is 21.1 Å². The molecule has 6 heteroatoms. The van der Waals surface area contributed by atoms with E-state index >= 15 is 0 Å². The summed E-state index contributed by atoms with van der Waals surface area (Å²) in [5, 5.41) is 12.1. The fraction of sp³-hybridized carbons (Fsp3) is 0. The normalized spacial score (nSPS) is 10.4. The van der Waals surface area contributed by atoms with E-state index in [4.69, 9.17) is 9.97 Å². The average Bonchev–Trinajstić information content (AvgIpc) is 2.85. The van der Waals surface area contributed by atoms with Crippen LogP contribution in [0.1, 0.15) is 0 Å². The molecule has 0 saturated carbocycles. The topological polar surface area (TPSA) is 58.9 Å². The van der Waals surface area contributed by atoms with Crippen molar-refractivity contribution in [2.45, 2.75) is 10.1 Å². The van der Waals surface area contributed by atoms with Gasteiger partial charge in [0.2, 0.25) is 0 Å². The summed E-state index contributed by atoms with van der Waals surface area (Å²) < 4.78 is 0. The minimum Gasteiger partial charge on any atom is -0.517 e. The molecule has 0 bridgehead atoms. The molecule has 2 aromatic carbocycles. The average molecular weight is 628 g/mol. The first-order chi connectivity index (χ1) is 15.8. The van der Waals surface area contributed by atoms with E-state index in [0.29, 0.717) is 11.3 Å². The SMILES string of the molecule is Oc1ccccc1-c1[c-]c(-c2cccc(Sc3ccccn3)n2)cc(-c2ccccc2)n1.[Pt].